The number of hydrogen-bond donors (Lipinski definition) is 1. The number of aromatic amines is 1. The van der Waals surface area contributed by atoms with Crippen molar-refractivity contribution in [1.29, 1.82) is 0 Å². The number of aromatic nitrogens is 5. The molecule has 1 N–H and O–H groups in total. The molecule has 1 aliphatic heterocycles. The molecule has 2 aromatic carbocycles. The van der Waals surface area contributed by atoms with Crippen LogP contribution in [0.15, 0.2) is 59.4 Å². The zero-order valence-corrected chi connectivity index (χ0v) is 21.1. The summed E-state index contributed by atoms with van der Waals surface area (Å²) in [6.07, 6.45) is 4.09. The molecule has 1 saturated heterocycles. The summed E-state index contributed by atoms with van der Waals surface area (Å²) < 4.78 is 7.77. The third-order valence-electron chi connectivity index (χ3n) is 6.94. The molecule has 0 spiro atoms. The van der Waals surface area contributed by atoms with Crippen molar-refractivity contribution in [1.82, 2.24) is 30.1 Å². The monoisotopic (exact) mass is 486 g/mol. The van der Waals surface area contributed by atoms with Gasteiger partial charge in [0.15, 0.2) is 5.82 Å². The molecule has 0 radical (unpaired) electrons. The molecular weight excluding hydrogens is 452 g/mol. The molecule has 1 aliphatic rings. The fourth-order valence-electron chi connectivity index (χ4n) is 5.11. The highest BCUT2D eigenvalue weighted by Gasteiger charge is 2.28. The molecule has 1 fully saturated rings. The number of hydrogen-bond acceptors (Lipinski definition) is 6. The lowest BCUT2D eigenvalue weighted by Crippen LogP contribution is -2.33. The Bertz CT molecular complexity index is 1340. The standard InChI is InChI=1S/C28H34N6O2/c1-3-8-26(27-30-31-32-34(27)19-24-11-7-14-36-24)33(17-21-9-5-4-6-10-21)18-23-16-22-15-20(2)12-13-25(22)29-28(23)35/h4-6,9-10,12-13,15-16,24,26H,3,7-8,11,14,17-19H2,1-2H3,(H,29,35)/t24-,26-/m1/s1. The van der Waals surface area contributed by atoms with Gasteiger partial charge in [-0.05, 0) is 65.8 Å². The molecule has 0 aliphatic carbocycles. The van der Waals surface area contributed by atoms with E-state index in [1.54, 1.807) is 0 Å². The predicted octanol–water partition coefficient (Wildman–Crippen LogP) is 4.55. The molecule has 0 unspecified atom stereocenters. The first kappa shape index (κ1) is 24.3. The van der Waals surface area contributed by atoms with Gasteiger partial charge >= 0.3 is 0 Å². The van der Waals surface area contributed by atoms with E-state index in [4.69, 9.17) is 4.74 Å². The maximum atomic E-state index is 13.1. The predicted molar refractivity (Wildman–Crippen MR) is 139 cm³/mol. The van der Waals surface area contributed by atoms with Gasteiger partial charge in [-0.15, -0.1) is 5.10 Å². The van der Waals surface area contributed by atoms with Gasteiger partial charge in [-0.1, -0.05) is 55.3 Å². The molecule has 8 heteroatoms. The van der Waals surface area contributed by atoms with E-state index in [1.165, 1.54) is 11.1 Å². The Labute approximate surface area is 211 Å². The zero-order chi connectivity index (χ0) is 24.9. The first-order chi connectivity index (χ1) is 17.6. The number of aryl methyl sites for hydroxylation is 1. The van der Waals surface area contributed by atoms with Crippen LogP contribution in [-0.2, 0) is 24.4 Å². The van der Waals surface area contributed by atoms with Gasteiger partial charge in [0.25, 0.3) is 5.56 Å². The topological polar surface area (TPSA) is 88.9 Å². The Morgan fingerprint density at radius 2 is 2.03 bits per heavy atom. The van der Waals surface area contributed by atoms with Crippen molar-refractivity contribution in [2.45, 2.75) is 71.3 Å². The molecule has 36 heavy (non-hydrogen) atoms. The van der Waals surface area contributed by atoms with Gasteiger partial charge in [-0.25, -0.2) is 4.68 Å². The van der Waals surface area contributed by atoms with Crippen molar-refractivity contribution < 1.29 is 4.74 Å². The van der Waals surface area contributed by atoms with Crippen LogP contribution in [0, 0.1) is 6.92 Å². The summed E-state index contributed by atoms with van der Waals surface area (Å²) in [5.74, 6) is 0.830. The lowest BCUT2D eigenvalue weighted by molar-refractivity contribution is 0.0885. The summed E-state index contributed by atoms with van der Waals surface area (Å²) in [6.45, 7) is 6.86. The summed E-state index contributed by atoms with van der Waals surface area (Å²) in [7, 11) is 0. The quantitative estimate of drug-likeness (QED) is 0.354. The van der Waals surface area contributed by atoms with E-state index >= 15 is 0 Å². The summed E-state index contributed by atoms with van der Waals surface area (Å²) in [5.41, 5.74) is 3.89. The summed E-state index contributed by atoms with van der Waals surface area (Å²) in [6, 6.07) is 18.5. The smallest absolute Gasteiger partial charge is 0.252 e. The highest BCUT2D eigenvalue weighted by atomic mass is 16.5. The fraction of sp³-hybridized carbons (Fsp3) is 0.429. The van der Waals surface area contributed by atoms with Gasteiger partial charge in [0.2, 0.25) is 0 Å². The Balaban J connectivity index is 1.51. The minimum Gasteiger partial charge on any atom is -0.376 e. The number of fused-ring (bicyclic) bond motifs is 1. The number of nitrogens with zero attached hydrogens (tertiary/aromatic N) is 5. The van der Waals surface area contributed by atoms with Crippen LogP contribution < -0.4 is 5.56 Å². The van der Waals surface area contributed by atoms with E-state index in [9.17, 15) is 4.79 Å². The van der Waals surface area contributed by atoms with Crippen LogP contribution in [0.3, 0.4) is 0 Å². The van der Waals surface area contributed by atoms with E-state index < -0.39 is 0 Å². The third kappa shape index (κ3) is 5.55. The van der Waals surface area contributed by atoms with Crippen molar-refractivity contribution in [3.63, 3.8) is 0 Å². The number of H-pyrrole nitrogens is 1. The Kier molecular flexibility index (Phi) is 7.53. The number of rotatable bonds is 10. The van der Waals surface area contributed by atoms with Crippen LogP contribution in [0.1, 0.15) is 61.2 Å². The average Bonchev–Trinajstić information content (AvgIpc) is 3.56. The van der Waals surface area contributed by atoms with Crippen molar-refractivity contribution >= 4 is 10.9 Å². The third-order valence-corrected chi connectivity index (χ3v) is 6.94. The maximum Gasteiger partial charge on any atom is 0.252 e. The lowest BCUT2D eigenvalue weighted by atomic mass is 10.0. The van der Waals surface area contributed by atoms with Crippen molar-refractivity contribution in [2.24, 2.45) is 0 Å². The number of benzene rings is 2. The second-order valence-corrected chi connectivity index (χ2v) is 9.76. The average molecular weight is 487 g/mol. The van der Waals surface area contributed by atoms with E-state index in [1.807, 2.05) is 28.9 Å². The molecule has 4 aromatic rings. The molecule has 2 aromatic heterocycles. The van der Waals surface area contributed by atoms with Gasteiger partial charge in [0, 0.05) is 30.8 Å². The molecule has 0 bridgehead atoms. The molecule has 8 nitrogen and oxygen atoms in total. The lowest BCUT2D eigenvalue weighted by Gasteiger charge is -2.31. The second-order valence-electron chi connectivity index (χ2n) is 9.76. The van der Waals surface area contributed by atoms with E-state index in [-0.39, 0.29) is 17.7 Å². The number of pyridine rings is 1. The van der Waals surface area contributed by atoms with Crippen molar-refractivity contribution in [3.05, 3.63) is 87.5 Å². The van der Waals surface area contributed by atoms with Gasteiger partial charge in [-0.3, -0.25) is 9.69 Å². The normalized spacial score (nSPS) is 16.7. The molecule has 5 rings (SSSR count). The van der Waals surface area contributed by atoms with E-state index in [0.717, 1.165) is 54.6 Å². The molecule has 0 saturated carbocycles. The van der Waals surface area contributed by atoms with Crippen LogP contribution in [-0.4, -0.2) is 42.8 Å². The van der Waals surface area contributed by atoms with Gasteiger partial charge in [0.05, 0.1) is 18.7 Å². The maximum absolute atomic E-state index is 13.1. The first-order valence-electron chi connectivity index (χ1n) is 12.9. The van der Waals surface area contributed by atoms with Gasteiger partial charge in [0.1, 0.15) is 0 Å². The number of ether oxygens (including phenoxy) is 1. The van der Waals surface area contributed by atoms with E-state index in [2.05, 4.69) is 69.6 Å². The molecule has 3 heterocycles. The summed E-state index contributed by atoms with van der Waals surface area (Å²) in [5, 5.41) is 13.9. The highest BCUT2D eigenvalue weighted by molar-refractivity contribution is 5.79. The minimum absolute atomic E-state index is 0.0424. The summed E-state index contributed by atoms with van der Waals surface area (Å²) in [4.78, 5) is 18.5. The van der Waals surface area contributed by atoms with Crippen LogP contribution in [0.4, 0.5) is 0 Å². The first-order valence-corrected chi connectivity index (χ1v) is 12.9. The molecule has 188 valence electrons. The minimum atomic E-state index is -0.0568. The van der Waals surface area contributed by atoms with E-state index in [0.29, 0.717) is 19.6 Å². The second kappa shape index (κ2) is 11.1. The van der Waals surface area contributed by atoms with Gasteiger partial charge < -0.3 is 9.72 Å². The Morgan fingerprint density at radius 3 is 2.81 bits per heavy atom. The van der Waals surface area contributed by atoms with Crippen LogP contribution in [0.5, 0.6) is 0 Å². The number of tetrazole rings is 1. The molecule has 2 atom stereocenters. The largest absolute Gasteiger partial charge is 0.376 e. The SMILES string of the molecule is CCC[C@H](c1nnnn1C[C@H]1CCCO1)N(Cc1ccccc1)Cc1cc2cc(C)ccc2[nH]c1=O. The van der Waals surface area contributed by atoms with Gasteiger partial charge in [-0.2, -0.15) is 0 Å². The highest BCUT2D eigenvalue weighted by Crippen LogP contribution is 2.28. The number of nitrogens with one attached hydrogen (secondary N) is 1. The Morgan fingerprint density at radius 1 is 1.17 bits per heavy atom. The summed E-state index contributed by atoms with van der Waals surface area (Å²) >= 11 is 0. The van der Waals surface area contributed by atoms with Crippen molar-refractivity contribution in [2.75, 3.05) is 6.61 Å². The van der Waals surface area contributed by atoms with Crippen LogP contribution in [0.2, 0.25) is 0 Å². The van der Waals surface area contributed by atoms with Crippen LogP contribution >= 0.6 is 0 Å². The molecular formula is C28H34N6O2. The zero-order valence-electron chi connectivity index (χ0n) is 21.1. The van der Waals surface area contributed by atoms with Crippen molar-refractivity contribution in [3.8, 4) is 0 Å². The molecule has 0 amide bonds. The van der Waals surface area contributed by atoms with Crippen LogP contribution in [0.25, 0.3) is 10.9 Å². The Hall–Kier alpha value is -3.36. The fourth-order valence-corrected chi connectivity index (χ4v) is 5.11.